The molecular weight excluding hydrogens is 388 g/mol. The number of nitrogens with one attached hydrogen (secondary N) is 1. The Labute approximate surface area is 170 Å². The number of aromatic nitrogens is 3. The van der Waals surface area contributed by atoms with E-state index in [2.05, 4.69) is 15.4 Å². The third kappa shape index (κ3) is 4.33. The van der Waals surface area contributed by atoms with Gasteiger partial charge in [0.05, 0.1) is 18.5 Å². The van der Waals surface area contributed by atoms with E-state index in [0.29, 0.717) is 18.0 Å². The lowest BCUT2D eigenvalue weighted by molar-refractivity contribution is -0.122. The molecule has 3 heterocycles. The Morgan fingerprint density at radius 1 is 1.14 bits per heavy atom. The van der Waals surface area contributed by atoms with Crippen LogP contribution in [0.25, 0.3) is 22.0 Å². The van der Waals surface area contributed by atoms with E-state index in [0.717, 1.165) is 25.8 Å². The van der Waals surface area contributed by atoms with Crippen LogP contribution in [0.1, 0.15) is 10.6 Å². The Morgan fingerprint density at radius 3 is 2.72 bits per heavy atom. The van der Waals surface area contributed by atoms with Crippen molar-refractivity contribution in [2.75, 3.05) is 0 Å². The van der Waals surface area contributed by atoms with E-state index in [4.69, 9.17) is 4.42 Å². The van der Waals surface area contributed by atoms with Crippen LogP contribution in [0, 0.1) is 6.92 Å². The first-order chi connectivity index (χ1) is 14.1. The summed E-state index contributed by atoms with van der Waals surface area (Å²) in [6.07, 6.45) is 1.53. The minimum absolute atomic E-state index is 0.170. The quantitative estimate of drug-likeness (QED) is 0.531. The summed E-state index contributed by atoms with van der Waals surface area (Å²) < 4.78 is 6.42. The number of furan rings is 1. The molecule has 0 fully saturated rings. The molecule has 0 aliphatic rings. The van der Waals surface area contributed by atoms with Gasteiger partial charge in [0.1, 0.15) is 17.2 Å². The molecule has 0 atom stereocenters. The number of benzene rings is 1. The molecule has 0 aliphatic carbocycles. The van der Waals surface area contributed by atoms with Crippen LogP contribution in [0.3, 0.4) is 0 Å². The van der Waals surface area contributed by atoms with Crippen LogP contribution < -0.4 is 10.9 Å². The highest BCUT2D eigenvalue weighted by molar-refractivity contribution is 7.15. The Kier molecular flexibility index (Phi) is 5.35. The topological polar surface area (TPSA) is 90.0 Å². The maximum absolute atomic E-state index is 12.4. The SMILES string of the molecule is Cc1nc(-c2ccccc2)sc1CNC(=O)Cn1nc(-c2ccco2)ccc1=O. The Morgan fingerprint density at radius 2 is 1.97 bits per heavy atom. The number of thiazole rings is 1. The van der Waals surface area contributed by atoms with Gasteiger partial charge in [0.2, 0.25) is 5.91 Å². The molecule has 1 N–H and O–H groups in total. The van der Waals surface area contributed by atoms with E-state index in [1.807, 2.05) is 37.3 Å². The number of aryl methyl sites for hydroxylation is 1. The smallest absolute Gasteiger partial charge is 0.267 e. The highest BCUT2D eigenvalue weighted by atomic mass is 32.1. The second kappa shape index (κ2) is 8.24. The summed E-state index contributed by atoms with van der Waals surface area (Å²) in [6, 6.07) is 16.3. The average molecular weight is 406 g/mol. The van der Waals surface area contributed by atoms with Crippen molar-refractivity contribution < 1.29 is 9.21 Å². The van der Waals surface area contributed by atoms with Gasteiger partial charge < -0.3 is 9.73 Å². The van der Waals surface area contributed by atoms with Crippen LogP contribution in [0.15, 0.2) is 70.1 Å². The van der Waals surface area contributed by atoms with E-state index >= 15 is 0 Å². The average Bonchev–Trinajstić information content (AvgIpc) is 3.39. The van der Waals surface area contributed by atoms with E-state index in [1.54, 1.807) is 29.5 Å². The lowest BCUT2D eigenvalue weighted by atomic mass is 10.2. The molecule has 0 spiro atoms. The van der Waals surface area contributed by atoms with E-state index in [9.17, 15) is 9.59 Å². The zero-order valence-corrected chi connectivity index (χ0v) is 16.5. The normalized spacial score (nSPS) is 10.8. The second-order valence-corrected chi connectivity index (χ2v) is 7.45. The second-order valence-electron chi connectivity index (χ2n) is 6.36. The summed E-state index contributed by atoms with van der Waals surface area (Å²) in [6.45, 7) is 2.10. The Bertz CT molecular complexity index is 1180. The molecule has 0 radical (unpaired) electrons. The largest absolute Gasteiger partial charge is 0.463 e. The van der Waals surface area contributed by atoms with E-state index < -0.39 is 0 Å². The molecule has 146 valence electrons. The molecule has 0 saturated carbocycles. The van der Waals surface area contributed by atoms with Crippen molar-refractivity contribution in [2.24, 2.45) is 0 Å². The lowest BCUT2D eigenvalue weighted by Crippen LogP contribution is -2.33. The Hall–Kier alpha value is -3.52. The third-order valence-corrected chi connectivity index (χ3v) is 5.50. The van der Waals surface area contributed by atoms with Gasteiger partial charge in [-0.3, -0.25) is 9.59 Å². The summed E-state index contributed by atoms with van der Waals surface area (Å²) in [5, 5.41) is 7.97. The number of hydrogen-bond acceptors (Lipinski definition) is 6. The predicted molar refractivity (Wildman–Crippen MR) is 110 cm³/mol. The van der Waals surface area contributed by atoms with Gasteiger partial charge in [0, 0.05) is 16.5 Å². The minimum Gasteiger partial charge on any atom is -0.463 e. The van der Waals surface area contributed by atoms with Crippen LogP contribution in [-0.2, 0) is 17.9 Å². The number of amides is 1. The van der Waals surface area contributed by atoms with Gasteiger partial charge in [-0.2, -0.15) is 5.10 Å². The standard InChI is InChI=1S/C21H18N4O3S/c1-14-18(29-21(23-14)15-6-3-2-4-7-15)12-22-19(26)13-25-20(27)10-9-16(24-25)17-8-5-11-28-17/h2-11H,12-13H2,1H3,(H,22,26). The van der Waals surface area contributed by atoms with Crippen molar-refractivity contribution in [3.05, 3.63) is 81.8 Å². The maximum atomic E-state index is 12.4. The van der Waals surface area contributed by atoms with E-state index in [-0.39, 0.29) is 18.0 Å². The molecule has 7 nitrogen and oxygen atoms in total. The van der Waals surface area contributed by atoms with Crippen molar-refractivity contribution in [1.82, 2.24) is 20.1 Å². The van der Waals surface area contributed by atoms with Crippen molar-refractivity contribution in [3.8, 4) is 22.0 Å². The highest BCUT2D eigenvalue weighted by Gasteiger charge is 2.12. The molecule has 1 aromatic carbocycles. The molecule has 0 bridgehead atoms. The fourth-order valence-corrected chi connectivity index (χ4v) is 3.79. The summed E-state index contributed by atoms with van der Waals surface area (Å²) >= 11 is 1.54. The summed E-state index contributed by atoms with van der Waals surface area (Å²) in [4.78, 5) is 30.0. The summed E-state index contributed by atoms with van der Waals surface area (Å²) in [5.74, 6) is 0.234. The third-order valence-electron chi connectivity index (χ3n) is 4.29. The van der Waals surface area contributed by atoms with Crippen LogP contribution in [0.5, 0.6) is 0 Å². The molecule has 3 aromatic heterocycles. The number of rotatable bonds is 6. The number of nitrogens with zero attached hydrogens (tertiary/aromatic N) is 3. The van der Waals surface area contributed by atoms with Gasteiger partial charge in [-0.05, 0) is 25.1 Å². The fourth-order valence-electron chi connectivity index (χ4n) is 2.78. The fraction of sp³-hybridized carbons (Fsp3) is 0.143. The first-order valence-corrected chi connectivity index (χ1v) is 9.82. The van der Waals surface area contributed by atoms with Gasteiger partial charge >= 0.3 is 0 Å². The molecule has 4 aromatic rings. The predicted octanol–water partition coefficient (Wildman–Crippen LogP) is 3.25. The number of carbonyl (C=O) groups excluding carboxylic acids is 1. The van der Waals surface area contributed by atoms with Gasteiger partial charge in [-0.15, -0.1) is 11.3 Å². The molecule has 8 heteroatoms. The van der Waals surface area contributed by atoms with Crippen molar-refractivity contribution in [3.63, 3.8) is 0 Å². The van der Waals surface area contributed by atoms with Crippen molar-refractivity contribution >= 4 is 17.2 Å². The maximum Gasteiger partial charge on any atom is 0.267 e. The molecule has 0 unspecified atom stereocenters. The minimum atomic E-state index is -0.351. The molecule has 1 amide bonds. The van der Waals surface area contributed by atoms with Crippen LogP contribution in [-0.4, -0.2) is 20.7 Å². The van der Waals surface area contributed by atoms with Crippen molar-refractivity contribution in [2.45, 2.75) is 20.0 Å². The zero-order chi connectivity index (χ0) is 20.2. The molecule has 29 heavy (non-hydrogen) atoms. The number of carbonyl (C=O) groups is 1. The van der Waals surface area contributed by atoms with Crippen LogP contribution in [0.2, 0.25) is 0 Å². The number of hydrogen-bond donors (Lipinski definition) is 1. The summed E-state index contributed by atoms with van der Waals surface area (Å²) in [7, 11) is 0. The Balaban J connectivity index is 1.43. The molecule has 0 saturated heterocycles. The lowest BCUT2D eigenvalue weighted by Gasteiger charge is -2.07. The molecule has 4 rings (SSSR count). The monoisotopic (exact) mass is 406 g/mol. The van der Waals surface area contributed by atoms with Gasteiger partial charge in [-0.1, -0.05) is 30.3 Å². The molecule has 0 aliphatic heterocycles. The first kappa shape index (κ1) is 18.8. The van der Waals surface area contributed by atoms with Gasteiger partial charge in [-0.25, -0.2) is 9.67 Å². The summed E-state index contributed by atoms with van der Waals surface area (Å²) in [5.41, 5.74) is 2.07. The van der Waals surface area contributed by atoms with Crippen LogP contribution in [0.4, 0.5) is 0 Å². The van der Waals surface area contributed by atoms with Gasteiger partial charge in [0.25, 0.3) is 5.56 Å². The molecular formula is C21H18N4O3S. The van der Waals surface area contributed by atoms with Crippen LogP contribution >= 0.6 is 11.3 Å². The van der Waals surface area contributed by atoms with E-state index in [1.165, 1.54) is 12.3 Å². The first-order valence-electron chi connectivity index (χ1n) is 9.00. The van der Waals surface area contributed by atoms with Gasteiger partial charge in [0.15, 0.2) is 5.76 Å². The highest BCUT2D eigenvalue weighted by Crippen LogP contribution is 2.27. The zero-order valence-electron chi connectivity index (χ0n) is 15.7. The van der Waals surface area contributed by atoms with Crippen molar-refractivity contribution in [1.29, 1.82) is 0 Å².